The first-order chi connectivity index (χ1) is 9.52. The summed E-state index contributed by atoms with van der Waals surface area (Å²) in [6.07, 6.45) is 6.31. The summed E-state index contributed by atoms with van der Waals surface area (Å²) in [6, 6.07) is 0. The van der Waals surface area contributed by atoms with Crippen molar-refractivity contribution in [1.29, 1.82) is 0 Å². The van der Waals surface area contributed by atoms with Gasteiger partial charge in [0.15, 0.2) is 0 Å². The molecule has 2 heterocycles. The quantitative estimate of drug-likeness (QED) is 0.918. The lowest BCUT2D eigenvalue weighted by Gasteiger charge is -2.36. The lowest BCUT2D eigenvalue weighted by atomic mass is 9.82. The molecule has 1 aromatic rings. The predicted molar refractivity (Wildman–Crippen MR) is 79.7 cm³/mol. The van der Waals surface area contributed by atoms with Crippen molar-refractivity contribution >= 4 is 11.7 Å². The SMILES string of the molecule is CCCNc1cncc(C(=O)N2CCC(C)(C)CC2)n1. The van der Waals surface area contributed by atoms with Crippen LogP contribution in [0.15, 0.2) is 12.4 Å². The topological polar surface area (TPSA) is 58.1 Å². The van der Waals surface area contributed by atoms with Gasteiger partial charge >= 0.3 is 0 Å². The van der Waals surface area contributed by atoms with Gasteiger partial charge in [0.05, 0.1) is 12.4 Å². The molecule has 5 nitrogen and oxygen atoms in total. The molecule has 110 valence electrons. The summed E-state index contributed by atoms with van der Waals surface area (Å²) >= 11 is 0. The van der Waals surface area contributed by atoms with Crippen molar-refractivity contribution in [2.24, 2.45) is 5.41 Å². The number of likely N-dealkylation sites (tertiary alicyclic amines) is 1. The lowest BCUT2D eigenvalue weighted by Crippen LogP contribution is -2.41. The minimum atomic E-state index is -0.00634. The number of anilines is 1. The summed E-state index contributed by atoms with van der Waals surface area (Å²) in [5.74, 6) is 0.670. The first-order valence-electron chi connectivity index (χ1n) is 7.37. The van der Waals surface area contributed by atoms with Crippen LogP contribution in [-0.2, 0) is 0 Å². The summed E-state index contributed by atoms with van der Waals surface area (Å²) < 4.78 is 0. The Bertz CT molecular complexity index is 463. The van der Waals surface area contributed by atoms with E-state index in [1.54, 1.807) is 12.4 Å². The van der Waals surface area contributed by atoms with Crippen molar-refractivity contribution in [3.05, 3.63) is 18.1 Å². The summed E-state index contributed by atoms with van der Waals surface area (Å²) in [5, 5.41) is 3.16. The molecule has 1 amide bonds. The fraction of sp³-hybridized carbons (Fsp3) is 0.667. The second-order valence-corrected chi connectivity index (χ2v) is 6.17. The van der Waals surface area contributed by atoms with E-state index >= 15 is 0 Å². The zero-order valence-electron chi connectivity index (χ0n) is 12.6. The number of aromatic nitrogens is 2. The maximum atomic E-state index is 12.4. The summed E-state index contributed by atoms with van der Waals surface area (Å²) in [5.41, 5.74) is 0.776. The molecule has 0 aliphatic carbocycles. The number of piperidine rings is 1. The number of carbonyl (C=O) groups excluding carboxylic acids is 1. The van der Waals surface area contributed by atoms with Crippen molar-refractivity contribution in [3.8, 4) is 0 Å². The summed E-state index contributed by atoms with van der Waals surface area (Å²) in [4.78, 5) is 22.8. The highest BCUT2D eigenvalue weighted by Crippen LogP contribution is 2.30. The average Bonchev–Trinajstić information content (AvgIpc) is 2.45. The van der Waals surface area contributed by atoms with Crippen LogP contribution in [0.1, 0.15) is 50.5 Å². The van der Waals surface area contributed by atoms with E-state index < -0.39 is 0 Å². The average molecular weight is 276 g/mol. The third-order valence-corrected chi connectivity index (χ3v) is 3.81. The van der Waals surface area contributed by atoms with E-state index in [9.17, 15) is 4.79 Å². The smallest absolute Gasteiger partial charge is 0.274 e. The van der Waals surface area contributed by atoms with Crippen LogP contribution in [0.4, 0.5) is 5.82 Å². The van der Waals surface area contributed by atoms with E-state index in [4.69, 9.17) is 0 Å². The zero-order chi connectivity index (χ0) is 14.6. The molecule has 0 atom stereocenters. The Morgan fingerprint density at radius 1 is 1.35 bits per heavy atom. The molecule has 0 unspecified atom stereocenters. The Morgan fingerprint density at radius 2 is 2.05 bits per heavy atom. The van der Waals surface area contributed by atoms with Gasteiger partial charge in [-0.3, -0.25) is 9.78 Å². The van der Waals surface area contributed by atoms with Crippen LogP contribution in [0.3, 0.4) is 0 Å². The Labute approximate surface area is 120 Å². The molecule has 1 fully saturated rings. The van der Waals surface area contributed by atoms with Gasteiger partial charge in [-0.05, 0) is 24.7 Å². The highest BCUT2D eigenvalue weighted by atomic mass is 16.2. The molecule has 1 aromatic heterocycles. The molecule has 1 aliphatic heterocycles. The normalized spacial score (nSPS) is 17.9. The molecule has 1 N–H and O–H groups in total. The fourth-order valence-corrected chi connectivity index (χ4v) is 2.28. The van der Waals surface area contributed by atoms with Crippen molar-refractivity contribution in [1.82, 2.24) is 14.9 Å². The molecular formula is C15H24N4O. The molecule has 0 bridgehead atoms. The minimum Gasteiger partial charge on any atom is -0.369 e. The van der Waals surface area contributed by atoms with Gasteiger partial charge in [0.2, 0.25) is 0 Å². The van der Waals surface area contributed by atoms with Gasteiger partial charge < -0.3 is 10.2 Å². The van der Waals surface area contributed by atoms with Crippen LogP contribution < -0.4 is 5.32 Å². The molecule has 5 heteroatoms. The van der Waals surface area contributed by atoms with Crippen molar-refractivity contribution in [2.45, 2.75) is 40.0 Å². The van der Waals surface area contributed by atoms with Gasteiger partial charge in [0.1, 0.15) is 11.5 Å². The molecule has 0 saturated carbocycles. The van der Waals surface area contributed by atoms with Crippen LogP contribution in [0.5, 0.6) is 0 Å². The van der Waals surface area contributed by atoms with E-state index in [0.717, 1.165) is 38.9 Å². The largest absolute Gasteiger partial charge is 0.369 e. The maximum Gasteiger partial charge on any atom is 0.274 e. The Morgan fingerprint density at radius 3 is 2.70 bits per heavy atom. The maximum absolute atomic E-state index is 12.4. The Balaban J connectivity index is 2.02. The molecular weight excluding hydrogens is 252 g/mol. The Hall–Kier alpha value is -1.65. The van der Waals surface area contributed by atoms with E-state index in [0.29, 0.717) is 16.9 Å². The van der Waals surface area contributed by atoms with Crippen molar-refractivity contribution in [3.63, 3.8) is 0 Å². The predicted octanol–water partition coefficient (Wildman–Crippen LogP) is 2.56. The number of hydrogen-bond acceptors (Lipinski definition) is 4. The third-order valence-electron chi connectivity index (χ3n) is 3.81. The summed E-state index contributed by atoms with van der Waals surface area (Å²) in [6.45, 7) is 9.04. The van der Waals surface area contributed by atoms with E-state index in [2.05, 4.69) is 36.1 Å². The number of hydrogen-bond donors (Lipinski definition) is 1. The van der Waals surface area contributed by atoms with Gasteiger partial charge in [-0.15, -0.1) is 0 Å². The van der Waals surface area contributed by atoms with Crippen molar-refractivity contribution in [2.75, 3.05) is 25.0 Å². The second-order valence-electron chi connectivity index (χ2n) is 6.17. The lowest BCUT2D eigenvalue weighted by molar-refractivity contribution is 0.0624. The van der Waals surface area contributed by atoms with Crippen LogP contribution in [0.2, 0.25) is 0 Å². The van der Waals surface area contributed by atoms with Gasteiger partial charge in [0.25, 0.3) is 5.91 Å². The number of rotatable bonds is 4. The van der Waals surface area contributed by atoms with Gasteiger partial charge in [-0.2, -0.15) is 0 Å². The molecule has 0 radical (unpaired) electrons. The first kappa shape index (κ1) is 14.8. The highest BCUT2D eigenvalue weighted by molar-refractivity contribution is 5.92. The first-order valence-corrected chi connectivity index (χ1v) is 7.37. The zero-order valence-corrected chi connectivity index (χ0v) is 12.6. The highest BCUT2D eigenvalue weighted by Gasteiger charge is 2.28. The number of carbonyl (C=O) groups is 1. The fourth-order valence-electron chi connectivity index (χ4n) is 2.28. The van der Waals surface area contributed by atoms with Crippen LogP contribution in [0, 0.1) is 5.41 Å². The molecule has 1 aliphatic rings. The Kier molecular flexibility index (Phi) is 4.57. The van der Waals surface area contributed by atoms with Crippen LogP contribution in [-0.4, -0.2) is 40.4 Å². The summed E-state index contributed by atoms with van der Waals surface area (Å²) in [7, 11) is 0. The van der Waals surface area contributed by atoms with E-state index in [1.807, 2.05) is 4.90 Å². The number of nitrogens with zero attached hydrogens (tertiary/aromatic N) is 3. The molecule has 20 heavy (non-hydrogen) atoms. The van der Waals surface area contributed by atoms with Gasteiger partial charge in [-0.25, -0.2) is 4.98 Å². The van der Waals surface area contributed by atoms with Gasteiger partial charge in [0, 0.05) is 19.6 Å². The molecule has 2 rings (SSSR count). The third kappa shape index (κ3) is 3.68. The number of nitrogens with one attached hydrogen (secondary N) is 1. The van der Waals surface area contributed by atoms with Crippen LogP contribution >= 0.6 is 0 Å². The second kappa shape index (κ2) is 6.20. The van der Waals surface area contributed by atoms with Gasteiger partial charge in [-0.1, -0.05) is 20.8 Å². The monoisotopic (exact) mass is 276 g/mol. The minimum absolute atomic E-state index is 0.00634. The number of amides is 1. The standard InChI is InChI=1S/C15H24N4O/c1-4-7-17-13-11-16-10-12(18-13)14(20)19-8-5-15(2,3)6-9-19/h10-11H,4-9H2,1-3H3,(H,17,18). The molecule has 0 spiro atoms. The van der Waals surface area contributed by atoms with Crippen molar-refractivity contribution < 1.29 is 4.79 Å². The van der Waals surface area contributed by atoms with E-state index in [1.165, 1.54) is 0 Å². The molecule has 0 aromatic carbocycles. The van der Waals surface area contributed by atoms with Crippen LogP contribution in [0.25, 0.3) is 0 Å². The molecule has 1 saturated heterocycles. The van der Waals surface area contributed by atoms with E-state index in [-0.39, 0.29) is 5.91 Å².